The molecule has 1 aliphatic rings. The lowest BCUT2D eigenvalue weighted by Crippen LogP contribution is -2.39. The van der Waals surface area contributed by atoms with E-state index < -0.39 is 6.10 Å². The first kappa shape index (κ1) is 10.5. The summed E-state index contributed by atoms with van der Waals surface area (Å²) in [4.78, 5) is 6.35. The normalized spacial score (nSPS) is 18.5. The average molecular weight is 207 g/mol. The van der Waals surface area contributed by atoms with Crippen molar-refractivity contribution in [1.29, 1.82) is 0 Å². The Labute approximate surface area is 89.7 Å². The minimum absolute atomic E-state index is 0.333. The Kier molecular flexibility index (Phi) is 3.30. The fourth-order valence-corrected chi connectivity index (χ4v) is 1.96. The van der Waals surface area contributed by atoms with Gasteiger partial charge in [0.25, 0.3) is 0 Å². The molecule has 2 rings (SSSR count). The molecule has 2 heterocycles. The van der Waals surface area contributed by atoms with E-state index >= 15 is 0 Å². The van der Waals surface area contributed by atoms with Crippen molar-refractivity contribution in [2.75, 3.05) is 19.6 Å². The van der Waals surface area contributed by atoms with Crippen LogP contribution in [0, 0.1) is 0 Å². The highest BCUT2D eigenvalue weighted by Gasteiger charge is 2.17. The molecule has 0 bridgehead atoms. The van der Waals surface area contributed by atoms with E-state index in [9.17, 15) is 5.11 Å². The molecular weight excluding hydrogens is 190 g/mol. The van der Waals surface area contributed by atoms with Crippen LogP contribution in [0.2, 0.25) is 0 Å². The molecule has 1 atom stereocenters. The monoisotopic (exact) mass is 207 g/mol. The Morgan fingerprint density at radius 1 is 1.53 bits per heavy atom. The molecule has 82 valence electrons. The third-order valence-electron chi connectivity index (χ3n) is 2.84. The van der Waals surface area contributed by atoms with Crippen molar-refractivity contribution in [2.45, 2.75) is 19.1 Å². The Bertz CT molecular complexity index is 329. The molecule has 1 aromatic heterocycles. The van der Waals surface area contributed by atoms with E-state index in [0.29, 0.717) is 13.1 Å². The predicted molar refractivity (Wildman–Crippen MR) is 58.3 cm³/mol. The molecule has 0 fully saturated rings. The summed E-state index contributed by atoms with van der Waals surface area (Å²) in [6, 6.07) is 2.05. The first-order valence-electron chi connectivity index (χ1n) is 5.32. The molecule has 0 spiro atoms. The highest BCUT2D eigenvalue weighted by molar-refractivity contribution is 5.25. The minimum Gasteiger partial charge on any atom is -0.390 e. The van der Waals surface area contributed by atoms with Gasteiger partial charge in [0.2, 0.25) is 0 Å². The molecular formula is C11H17N3O. The van der Waals surface area contributed by atoms with Crippen molar-refractivity contribution in [2.24, 2.45) is 5.73 Å². The number of hydrogen-bond acceptors (Lipinski definition) is 4. The zero-order chi connectivity index (χ0) is 10.7. The van der Waals surface area contributed by atoms with Gasteiger partial charge in [-0.3, -0.25) is 9.88 Å². The van der Waals surface area contributed by atoms with Gasteiger partial charge in [0.1, 0.15) is 0 Å². The summed E-state index contributed by atoms with van der Waals surface area (Å²) in [5.41, 5.74) is 8.05. The van der Waals surface area contributed by atoms with Crippen LogP contribution in [0.1, 0.15) is 11.1 Å². The molecule has 0 amide bonds. The van der Waals surface area contributed by atoms with E-state index in [-0.39, 0.29) is 0 Å². The second kappa shape index (κ2) is 4.70. The fourth-order valence-electron chi connectivity index (χ4n) is 1.96. The third-order valence-corrected chi connectivity index (χ3v) is 2.84. The summed E-state index contributed by atoms with van der Waals surface area (Å²) in [5.74, 6) is 0. The molecule has 0 aliphatic carbocycles. The van der Waals surface area contributed by atoms with Crippen molar-refractivity contribution in [3.05, 3.63) is 29.6 Å². The average Bonchev–Trinajstić information content (AvgIpc) is 2.29. The SMILES string of the molecule is NCC(O)CN1CCc2cnccc2C1. The number of nitrogens with zero attached hydrogens (tertiary/aromatic N) is 2. The summed E-state index contributed by atoms with van der Waals surface area (Å²) < 4.78 is 0. The van der Waals surface area contributed by atoms with Gasteiger partial charge in [0.15, 0.2) is 0 Å². The van der Waals surface area contributed by atoms with E-state index in [2.05, 4.69) is 16.0 Å². The van der Waals surface area contributed by atoms with E-state index in [1.807, 2.05) is 12.4 Å². The first-order valence-corrected chi connectivity index (χ1v) is 5.32. The summed E-state index contributed by atoms with van der Waals surface area (Å²) in [6.45, 7) is 2.88. The number of rotatable bonds is 3. The molecule has 3 N–H and O–H groups in total. The molecule has 4 nitrogen and oxygen atoms in total. The van der Waals surface area contributed by atoms with Gasteiger partial charge in [0, 0.05) is 38.6 Å². The lowest BCUT2D eigenvalue weighted by Gasteiger charge is -2.29. The Morgan fingerprint density at radius 2 is 2.40 bits per heavy atom. The second-order valence-corrected chi connectivity index (χ2v) is 4.02. The lowest BCUT2D eigenvalue weighted by molar-refractivity contribution is 0.111. The van der Waals surface area contributed by atoms with E-state index in [1.165, 1.54) is 11.1 Å². The number of pyridine rings is 1. The molecule has 0 saturated heterocycles. The van der Waals surface area contributed by atoms with Crippen molar-refractivity contribution < 1.29 is 5.11 Å². The fraction of sp³-hybridized carbons (Fsp3) is 0.545. The van der Waals surface area contributed by atoms with Crippen LogP contribution in [0.5, 0.6) is 0 Å². The molecule has 15 heavy (non-hydrogen) atoms. The number of nitrogens with two attached hydrogens (primary N) is 1. The topological polar surface area (TPSA) is 62.4 Å². The molecule has 1 aliphatic heterocycles. The van der Waals surface area contributed by atoms with Crippen LogP contribution in [-0.4, -0.2) is 40.7 Å². The van der Waals surface area contributed by atoms with Crippen LogP contribution in [0.25, 0.3) is 0 Å². The molecule has 0 aromatic carbocycles. The van der Waals surface area contributed by atoms with Gasteiger partial charge in [-0.15, -0.1) is 0 Å². The van der Waals surface area contributed by atoms with Crippen LogP contribution in [0.15, 0.2) is 18.5 Å². The van der Waals surface area contributed by atoms with Gasteiger partial charge in [0.05, 0.1) is 6.10 Å². The maximum Gasteiger partial charge on any atom is 0.0789 e. The minimum atomic E-state index is -0.409. The van der Waals surface area contributed by atoms with Crippen molar-refractivity contribution >= 4 is 0 Å². The van der Waals surface area contributed by atoms with Crippen LogP contribution >= 0.6 is 0 Å². The van der Waals surface area contributed by atoms with E-state index in [1.54, 1.807) is 0 Å². The van der Waals surface area contributed by atoms with Gasteiger partial charge in [-0.1, -0.05) is 0 Å². The van der Waals surface area contributed by atoms with E-state index in [4.69, 9.17) is 5.73 Å². The largest absolute Gasteiger partial charge is 0.390 e. The number of β-amino-alcohol motifs (C(OH)–C–C–N with tert-alkyl or cyclic N) is 1. The Balaban J connectivity index is 1.99. The number of fused-ring (bicyclic) bond motifs is 1. The number of aliphatic hydroxyl groups excluding tert-OH is 1. The van der Waals surface area contributed by atoms with Crippen molar-refractivity contribution in [3.63, 3.8) is 0 Å². The summed E-state index contributed by atoms with van der Waals surface area (Å²) in [5, 5.41) is 9.48. The zero-order valence-electron chi connectivity index (χ0n) is 8.76. The van der Waals surface area contributed by atoms with Crippen LogP contribution in [-0.2, 0) is 13.0 Å². The molecule has 0 radical (unpaired) electrons. The third kappa shape index (κ3) is 2.53. The van der Waals surface area contributed by atoms with Gasteiger partial charge >= 0.3 is 0 Å². The smallest absolute Gasteiger partial charge is 0.0789 e. The van der Waals surface area contributed by atoms with Gasteiger partial charge in [-0.05, 0) is 23.6 Å². The standard InChI is InChI=1S/C11H17N3O/c12-5-11(15)8-14-4-2-9-6-13-3-1-10(9)7-14/h1,3,6,11,15H,2,4-5,7-8,12H2. The number of aromatic nitrogens is 1. The number of hydrogen-bond donors (Lipinski definition) is 2. The van der Waals surface area contributed by atoms with Crippen molar-refractivity contribution in [1.82, 2.24) is 9.88 Å². The molecule has 1 aromatic rings. The summed E-state index contributed by atoms with van der Waals surface area (Å²) >= 11 is 0. The molecule has 0 saturated carbocycles. The predicted octanol–water partition coefficient (Wildman–Crippen LogP) is -0.241. The Morgan fingerprint density at radius 3 is 3.20 bits per heavy atom. The molecule has 4 heteroatoms. The first-order chi connectivity index (χ1) is 7.29. The van der Waals surface area contributed by atoms with Crippen LogP contribution in [0.3, 0.4) is 0 Å². The summed E-state index contributed by atoms with van der Waals surface area (Å²) in [6.07, 6.45) is 4.36. The molecule has 1 unspecified atom stereocenters. The van der Waals surface area contributed by atoms with Gasteiger partial charge < -0.3 is 10.8 Å². The Hall–Kier alpha value is -0.970. The maximum atomic E-state index is 9.48. The van der Waals surface area contributed by atoms with Gasteiger partial charge in [-0.25, -0.2) is 0 Å². The highest BCUT2D eigenvalue weighted by Crippen LogP contribution is 2.17. The van der Waals surface area contributed by atoms with E-state index in [0.717, 1.165) is 19.5 Å². The summed E-state index contributed by atoms with van der Waals surface area (Å²) in [7, 11) is 0. The van der Waals surface area contributed by atoms with Crippen molar-refractivity contribution in [3.8, 4) is 0 Å². The lowest BCUT2D eigenvalue weighted by atomic mass is 10.0. The quantitative estimate of drug-likeness (QED) is 0.718. The zero-order valence-corrected chi connectivity index (χ0v) is 8.76. The maximum absolute atomic E-state index is 9.48. The van der Waals surface area contributed by atoms with Crippen LogP contribution < -0.4 is 5.73 Å². The highest BCUT2D eigenvalue weighted by atomic mass is 16.3. The van der Waals surface area contributed by atoms with Crippen LogP contribution in [0.4, 0.5) is 0 Å². The second-order valence-electron chi connectivity index (χ2n) is 4.02. The number of aliphatic hydroxyl groups is 1. The van der Waals surface area contributed by atoms with Gasteiger partial charge in [-0.2, -0.15) is 0 Å².